The van der Waals surface area contributed by atoms with Crippen molar-refractivity contribution in [1.82, 2.24) is 0 Å². The maximum atomic E-state index is 5.89. The third kappa shape index (κ3) is 4.41. The van der Waals surface area contributed by atoms with E-state index in [9.17, 15) is 0 Å². The molecule has 1 aromatic heterocycles. The van der Waals surface area contributed by atoms with Gasteiger partial charge in [-0.3, -0.25) is 0 Å². The number of hydrogen-bond acceptors (Lipinski definition) is 3. The quantitative estimate of drug-likeness (QED) is 0.830. The third-order valence-corrected chi connectivity index (χ3v) is 4.57. The molecule has 0 aliphatic rings. The molecule has 0 saturated carbocycles. The van der Waals surface area contributed by atoms with Crippen LogP contribution < -0.4 is 5.73 Å². The molecular weight excluding hydrogens is 322 g/mol. The van der Waals surface area contributed by atoms with Gasteiger partial charge < -0.3 is 10.2 Å². The van der Waals surface area contributed by atoms with Crippen LogP contribution in [0.3, 0.4) is 0 Å². The van der Waals surface area contributed by atoms with Crippen molar-refractivity contribution < 1.29 is 4.42 Å². The van der Waals surface area contributed by atoms with E-state index in [4.69, 9.17) is 10.2 Å². The molecule has 2 N–H and O–H groups in total. The van der Waals surface area contributed by atoms with Crippen molar-refractivity contribution in [3.8, 4) is 11.3 Å². The first-order valence-electron chi connectivity index (χ1n) is 6.37. The molecule has 2 nitrogen and oxygen atoms in total. The summed E-state index contributed by atoms with van der Waals surface area (Å²) in [5.41, 5.74) is 6.99. The Hall–Kier alpha value is -0.710. The second-order valence-electron chi connectivity index (χ2n) is 4.46. The Morgan fingerprint density at radius 1 is 1.21 bits per heavy atom. The fourth-order valence-corrected chi connectivity index (χ4v) is 2.93. The summed E-state index contributed by atoms with van der Waals surface area (Å²) in [6.07, 6.45) is 1.02. The topological polar surface area (TPSA) is 39.2 Å². The molecule has 2 rings (SSSR count). The Bertz CT molecular complexity index is 509. The summed E-state index contributed by atoms with van der Waals surface area (Å²) in [6, 6.07) is 12.5. The van der Waals surface area contributed by atoms with Crippen molar-refractivity contribution in [1.29, 1.82) is 0 Å². The summed E-state index contributed by atoms with van der Waals surface area (Å²) < 4.78 is 6.92. The summed E-state index contributed by atoms with van der Waals surface area (Å²) >= 11 is 5.26. The fraction of sp³-hybridized carbons (Fsp3) is 0.333. The van der Waals surface area contributed by atoms with Crippen LogP contribution in [0.25, 0.3) is 11.3 Å². The lowest BCUT2D eigenvalue weighted by Gasteiger charge is -2.06. The smallest absolute Gasteiger partial charge is 0.134 e. The monoisotopic (exact) mass is 339 g/mol. The van der Waals surface area contributed by atoms with Gasteiger partial charge in [0.05, 0.1) is 5.75 Å². The molecular formula is C15H18BrNOS. The number of nitrogens with two attached hydrogens (primary N) is 1. The number of halogens is 1. The largest absolute Gasteiger partial charge is 0.460 e. The van der Waals surface area contributed by atoms with E-state index >= 15 is 0 Å². The van der Waals surface area contributed by atoms with Crippen LogP contribution in [0.2, 0.25) is 0 Å². The maximum absolute atomic E-state index is 5.89. The van der Waals surface area contributed by atoms with Crippen LogP contribution in [0.4, 0.5) is 0 Å². The summed E-state index contributed by atoms with van der Waals surface area (Å²) in [4.78, 5) is 0. The van der Waals surface area contributed by atoms with Gasteiger partial charge in [-0.05, 0) is 30.7 Å². The van der Waals surface area contributed by atoms with Crippen LogP contribution in [0.15, 0.2) is 45.3 Å². The lowest BCUT2D eigenvalue weighted by Crippen LogP contribution is -2.21. The second-order valence-corrected chi connectivity index (χ2v) is 6.40. The zero-order valence-corrected chi connectivity index (χ0v) is 13.3. The molecule has 0 fully saturated rings. The van der Waals surface area contributed by atoms with Crippen molar-refractivity contribution >= 4 is 27.7 Å². The van der Waals surface area contributed by atoms with Crippen LogP contribution in [0.1, 0.15) is 19.1 Å². The van der Waals surface area contributed by atoms with E-state index < -0.39 is 0 Å². The number of benzene rings is 1. The summed E-state index contributed by atoms with van der Waals surface area (Å²) in [6.45, 7) is 2.11. The highest BCUT2D eigenvalue weighted by atomic mass is 79.9. The minimum Gasteiger partial charge on any atom is -0.460 e. The zero-order chi connectivity index (χ0) is 13.7. The molecule has 1 heterocycles. The van der Waals surface area contributed by atoms with Gasteiger partial charge in [-0.25, -0.2) is 0 Å². The van der Waals surface area contributed by atoms with Crippen LogP contribution in [-0.4, -0.2) is 11.8 Å². The molecule has 0 saturated heterocycles. The third-order valence-electron chi connectivity index (χ3n) is 2.89. The fourth-order valence-electron chi connectivity index (χ4n) is 1.65. The highest BCUT2D eigenvalue weighted by molar-refractivity contribution is 9.10. The minimum absolute atomic E-state index is 0.283. The number of hydrogen-bond donors (Lipinski definition) is 1. The Balaban J connectivity index is 1.93. The van der Waals surface area contributed by atoms with Crippen LogP contribution in [0.5, 0.6) is 0 Å². The predicted molar refractivity (Wildman–Crippen MR) is 86.3 cm³/mol. The van der Waals surface area contributed by atoms with Gasteiger partial charge in [0, 0.05) is 21.8 Å². The highest BCUT2D eigenvalue weighted by Gasteiger charge is 2.06. The highest BCUT2D eigenvalue weighted by Crippen LogP contribution is 2.25. The normalized spacial score (nSPS) is 12.6. The van der Waals surface area contributed by atoms with Crippen LogP contribution in [0, 0.1) is 0 Å². The molecule has 0 amide bonds. The lowest BCUT2D eigenvalue weighted by atomic mass is 10.2. The van der Waals surface area contributed by atoms with E-state index in [1.165, 1.54) is 0 Å². The van der Waals surface area contributed by atoms with E-state index in [0.29, 0.717) is 0 Å². The standard InChI is InChI=1S/C15H18BrNOS/c1-2-13(17)9-19-10-14-7-8-15(18-14)11-3-5-12(16)6-4-11/h3-8,13H,2,9-10,17H2,1H3. The van der Waals surface area contributed by atoms with Crippen LogP contribution >= 0.6 is 27.7 Å². The van der Waals surface area contributed by atoms with E-state index in [0.717, 1.165) is 39.5 Å². The Morgan fingerprint density at radius 3 is 2.63 bits per heavy atom. The van der Waals surface area contributed by atoms with Crippen molar-refractivity contribution in [2.75, 3.05) is 5.75 Å². The molecule has 1 aromatic carbocycles. The van der Waals surface area contributed by atoms with Crippen molar-refractivity contribution in [3.05, 3.63) is 46.6 Å². The Labute approximate surface area is 126 Å². The van der Waals surface area contributed by atoms with Crippen LogP contribution in [-0.2, 0) is 5.75 Å². The van der Waals surface area contributed by atoms with Crippen molar-refractivity contribution in [2.24, 2.45) is 5.73 Å². The van der Waals surface area contributed by atoms with Crippen molar-refractivity contribution in [2.45, 2.75) is 25.1 Å². The molecule has 102 valence electrons. The van der Waals surface area contributed by atoms with E-state index in [1.807, 2.05) is 48.2 Å². The molecule has 0 aliphatic carbocycles. The van der Waals surface area contributed by atoms with Gasteiger partial charge in [0.1, 0.15) is 11.5 Å². The summed E-state index contributed by atoms with van der Waals surface area (Å²) in [5.74, 6) is 3.78. The Morgan fingerprint density at radius 2 is 1.95 bits per heavy atom. The number of rotatable bonds is 6. The molecule has 1 atom stereocenters. The maximum Gasteiger partial charge on any atom is 0.134 e. The van der Waals surface area contributed by atoms with Gasteiger partial charge in [0.15, 0.2) is 0 Å². The van der Waals surface area contributed by atoms with Gasteiger partial charge in [0.25, 0.3) is 0 Å². The first-order chi connectivity index (χ1) is 9.19. The Kier molecular flexibility index (Phi) is 5.55. The number of thioether (sulfide) groups is 1. The summed E-state index contributed by atoms with van der Waals surface area (Å²) in [7, 11) is 0. The second kappa shape index (κ2) is 7.17. The lowest BCUT2D eigenvalue weighted by molar-refractivity contribution is 0.544. The predicted octanol–water partition coefficient (Wildman–Crippen LogP) is 4.68. The van der Waals surface area contributed by atoms with E-state index in [2.05, 4.69) is 22.9 Å². The molecule has 0 radical (unpaired) electrons. The molecule has 0 bridgehead atoms. The average Bonchev–Trinajstić information content (AvgIpc) is 2.88. The minimum atomic E-state index is 0.283. The average molecular weight is 340 g/mol. The number of furan rings is 1. The molecule has 0 aliphatic heterocycles. The zero-order valence-electron chi connectivity index (χ0n) is 10.9. The van der Waals surface area contributed by atoms with Gasteiger partial charge in [0.2, 0.25) is 0 Å². The first kappa shape index (κ1) is 14.7. The van der Waals surface area contributed by atoms with Gasteiger partial charge in [-0.2, -0.15) is 11.8 Å². The van der Waals surface area contributed by atoms with Gasteiger partial charge in [-0.15, -0.1) is 0 Å². The molecule has 2 aromatic rings. The first-order valence-corrected chi connectivity index (χ1v) is 8.31. The molecule has 0 spiro atoms. The molecule has 4 heteroatoms. The van der Waals surface area contributed by atoms with Gasteiger partial charge in [-0.1, -0.05) is 35.0 Å². The van der Waals surface area contributed by atoms with Gasteiger partial charge >= 0.3 is 0 Å². The van der Waals surface area contributed by atoms with E-state index in [-0.39, 0.29) is 6.04 Å². The SMILES string of the molecule is CCC(N)CSCc1ccc(-c2ccc(Br)cc2)o1. The summed E-state index contributed by atoms with van der Waals surface area (Å²) in [5, 5.41) is 0. The van der Waals surface area contributed by atoms with Crippen molar-refractivity contribution in [3.63, 3.8) is 0 Å². The molecule has 19 heavy (non-hydrogen) atoms. The van der Waals surface area contributed by atoms with E-state index in [1.54, 1.807) is 0 Å². The molecule has 1 unspecified atom stereocenters.